The number of carbonyl (C=O) groups excluding carboxylic acids is 2. The minimum absolute atomic E-state index is 0.0426. The molecule has 0 aliphatic rings. The lowest BCUT2D eigenvalue weighted by atomic mass is 10.1. The van der Waals surface area contributed by atoms with Crippen LogP contribution in [0.15, 0.2) is 42.5 Å². The summed E-state index contributed by atoms with van der Waals surface area (Å²) in [4.78, 5) is 27.7. The molecular formula is C26H35Cl2N3O4S. The number of anilines is 1. The van der Waals surface area contributed by atoms with E-state index in [0.29, 0.717) is 21.3 Å². The molecule has 2 atom stereocenters. The smallest absolute Gasteiger partial charge is 0.242 e. The number of benzene rings is 2. The van der Waals surface area contributed by atoms with Crippen LogP contribution >= 0.6 is 23.2 Å². The van der Waals surface area contributed by atoms with Gasteiger partial charge in [0, 0.05) is 41.2 Å². The van der Waals surface area contributed by atoms with E-state index < -0.39 is 16.1 Å². The molecule has 36 heavy (non-hydrogen) atoms. The number of nitrogens with one attached hydrogen (secondary N) is 1. The van der Waals surface area contributed by atoms with Gasteiger partial charge in [0.15, 0.2) is 0 Å². The molecule has 0 aliphatic heterocycles. The second-order valence-electron chi connectivity index (χ2n) is 8.94. The van der Waals surface area contributed by atoms with Crippen LogP contribution in [-0.2, 0) is 26.2 Å². The lowest BCUT2D eigenvalue weighted by molar-refractivity contribution is -0.140. The van der Waals surface area contributed by atoms with Crippen LogP contribution in [-0.4, -0.2) is 50.0 Å². The molecule has 0 aromatic heterocycles. The van der Waals surface area contributed by atoms with Gasteiger partial charge in [0.05, 0.1) is 11.9 Å². The van der Waals surface area contributed by atoms with Crippen LogP contribution in [0, 0.1) is 6.92 Å². The number of rotatable bonds is 12. The molecule has 2 rings (SSSR count). The SMILES string of the molecule is CC[C@H](C)NC(=O)[C@H](C)N(Cc1c(Cl)cccc1Cl)C(=O)CCCN(c1ccccc1C)S(C)(=O)=O. The summed E-state index contributed by atoms with van der Waals surface area (Å²) < 4.78 is 26.3. The van der Waals surface area contributed by atoms with Crippen LogP contribution in [0.5, 0.6) is 0 Å². The molecular weight excluding hydrogens is 521 g/mol. The van der Waals surface area contributed by atoms with Crippen molar-refractivity contribution in [3.05, 3.63) is 63.6 Å². The van der Waals surface area contributed by atoms with E-state index in [4.69, 9.17) is 23.2 Å². The third-order valence-corrected chi connectivity index (χ3v) is 7.98. The van der Waals surface area contributed by atoms with Crippen molar-refractivity contribution in [3.8, 4) is 0 Å². The number of halogens is 2. The first-order chi connectivity index (χ1) is 16.9. The zero-order valence-corrected chi connectivity index (χ0v) is 23.8. The van der Waals surface area contributed by atoms with E-state index in [0.717, 1.165) is 18.2 Å². The lowest BCUT2D eigenvalue weighted by Crippen LogP contribution is -2.49. The highest BCUT2D eigenvalue weighted by Crippen LogP contribution is 2.27. The maximum Gasteiger partial charge on any atom is 0.242 e. The van der Waals surface area contributed by atoms with Crippen LogP contribution in [0.4, 0.5) is 5.69 Å². The molecule has 7 nitrogen and oxygen atoms in total. The second kappa shape index (κ2) is 13.3. The molecule has 1 N–H and O–H groups in total. The van der Waals surface area contributed by atoms with Crippen molar-refractivity contribution >= 4 is 50.7 Å². The number of hydrogen-bond acceptors (Lipinski definition) is 4. The molecule has 0 saturated heterocycles. The highest BCUT2D eigenvalue weighted by atomic mass is 35.5. The van der Waals surface area contributed by atoms with Gasteiger partial charge in [-0.1, -0.05) is 54.4 Å². The fourth-order valence-electron chi connectivity index (χ4n) is 3.73. The largest absolute Gasteiger partial charge is 0.352 e. The molecule has 0 saturated carbocycles. The molecule has 2 aromatic carbocycles. The molecule has 0 aliphatic carbocycles. The van der Waals surface area contributed by atoms with Crippen LogP contribution in [0.1, 0.15) is 51.2 Å². The van der Waals surface area contributed by atoms with Gasteiger partial charge in [-0.25, -0.2) is 8.42 Å². The number of para-hydroxylation sites is 1. The first-order valence-electron chi connectivity index (χ1n) is 11.9. The van der Waals surface area contributed by atoms with E-state index in [2.05, 4.69) is 5.32 Å². The summed E-state index contributed by atoms with van der Waals surface area (Å²) >= 11 is 12.7. The van der Waals surface area contributed by atoms with Crippen LogP contribution in [0.2, 0.25) is 10.0 Å². The zero-order chi connectivity index (χ0) is 27.0. The van der Waals surface area contributed by atoms with Gasteiger partial charge in [-0.2, -0.15) is 0 Å². The number of amides is 2. The Balaban J connectivity index is 2.24. The predicted octanol–water partition coefficient (Wildman–Crippen LogP) is 5.18. The quantitative estimate of drug-likeness (QED) is 0.391. The van der Waals surface area contributed by atoms with E-state index in [1.54, 1.807) is 37.3 Å². The van der Waals surface area contributed by atoms with Crippen molar-refractivity contribution in [2.75, 3.05) is 17.1 Å². The summed E-state index contributed by atoms with van der Waals surface area (Å²) in [6.45, 7) is 7.54. The van der Waals surface area contributed by atoms with Crippen LogP contribution in [0.3, 0.4) is 0 Å². The molecule has 0 radical (unpaired) electrons. The highest BCUT2D eigenvalue weighted by Gasteiger charge is 2.28. The van der Waals surface area contributed by atoms with Gasteiger partial charge in [0.1, 0.15) is 6.04 Å². The molecule has 2 amide bonds. The average molecular weight is 557 g/mol. The lowest BCUT2D eigenvalue weighted by Gasteiger charge is -2.31. The van der Waals surface area contributed by atoms with Crippen molar-refractivity contribution in [2.24, 2.45) is 0 Å². The van der Waals surface area contributed by atoms with E-state index in [1.165, 1.54) is 9.21 Å². The summed E-state index contributed by atoms with van der Waals surface area (Å²) in [5, 5.41) is 3.72. The Morgan fingerprint density at radius 2 is 1.64 bits per heavy atom. The summed E-state index contributed by atoms with van der Waals surface area (Å²) in [7, 11) is -3.56. The molecule has 2 aromatic rings. The molecule has 10 heteroatoms. The molecule has 0 unspecified atom stereocenters. The number of hydrogen-bond donors (Lipinski definition) is 1. The van der Waals surface area contributed by atoms with Gasteiger partial charge in [-0.3, -0.25) is 13.9 Å². The summed E-state index contributed by atoms with van der Waals surface area (Å²) in [5.41, 5.74) is 1.95. The van der Waals surface area contributed by atoms with Crippen molar-refractivity contribution < 1.29 is 18.0 Å². The average Bonchev–Trinajstić information content (AvgIpc) is 2.81. The molecule has 0 heterocycles. The van der Waals surface area contributed by atoms with Crippen molar-refractivity contribution in [1.29, 1.82) is 0 Å². The van der Waals surface area contributed by atoms with Gasteiger partial charge in [0.2, 0.25) is 21.8 Å². The first-order valence-corrected chi connectivity index (χ1v) is 14.5. The summed E-state index contributed by atoms with van der Waals surface area (Å²) in [5.74, 6) is -0.574. The normalized spacial score (nSPS) is 13.1. The first kappa shape index (κ1) is 29.9. The second-order valence-corrected chi connectivity index (χ2v) is 11.7. The monoisotopic (exact) mass is 555 g/mol. The number of sulfonamides is 1. The van der Waals surface area contributed by atoms with Crippen molar-refractivity contribution in [1.82, 2.24) is 10.2 Å². The van der Waals surface area contributed by atoms with E-state index in [-0.39, 0.29) is 43.8 Å². The van der Waals surface area contributed by atoms with Crippen molar-refractivity contribution in [2.45, 2.75) is 65.6 Å². The molecule has 198 valence electrons. The molecule has 0 fully saturated rings. The number of aryl methyl sites for hydroxylation is 1. The fraction of sp³-hybridized carbons (Fsp3) is 0.462. The van der Waals surface area contributed by atoms with Crippen LogP contribution < -0.4 is 9.62 Å². The maximum absolute atomic E-state index is 13.4. The standard InChI is InChI=1S/C26H35Cl2N3O4S/c1-6-19(3)29-26(33)20(4)30(17-21-22(27)12-9-13-23(21)28)25(32)15-10-16-31(36(5,34)35)24-14-8-7-11-18(24)2/h7-9,11-14,19-20H,6,10,15-17H2,1-5H3,(H,29,33)/t19-,20-/m0/s1. The Bertz CT molecular complexity index is 1150. The van der Waals surface area contributed by atoms with Gasteiger partial charge in [0.25, 0.3) is 0 Å². The number of carbonyl (C=O) groups is 2. The Labute approximate surface area is 224 Å². The number of nitrogens with zero attached hydrogens (tertiary/aromatic N) is 2. The van der Waals surface area contributed by atoms with Gasteiger partial charge < -0.3 is 10.2 Å². The summed E-state index contributed by atoms with van der Waals surface area (Å²) in [6.07, 6.45) is 2.21. The topological polar surface area (TPSA) is 86.8 Å². The minimum atomic E-state index is -3.56. The highest BCUT2D eigenvalue weighted by molar-refractivity contribution is 7.92. The minimum Gasteiger partial charge on any atom is -0.352 e. The zero-order valence-electron chi connectivity index (χ0n) is 21.4. The van der Waals surface area contributed by atoms with Crippen molar-refractivity contribution in [3.63, 3.8) is 0 Å². The van der Waals surface area contributed by atoms with E-state index in [9.17, 15) is 18.0 Å². The van der Waals surface area contributed by atoms with Gasteiger partial charge in [-0.15, -0.1) is 0 Å². The summed E-state index contributed by atoms with van der Waals surface area (Å²) in [6, 6.07) is 11.5. The Hall–Kier alpha value is -2.29. The van der Waals surface area contributed by atoms with Gasteiger partial charge in [-0.05, 0) is 57.4 Å². The maximum atomic E-state index is 13.4. The molecule has 0 spiro atoms. The predicted molar refractivity (Wildman–Crippen MR) is 147 cm³/mol. The molecule has 0 bridgehead atoms. The Morgan fingerprint density at radius 3 is 2.19 bits per heavy atom. The third kappa shape index (κ3) is 8.11. The fourth-order valence-corrected chi connectivity index (χ4v) is 5.27. The van der Waals surface area contributed by atoms with E-state index >= 15 is 0 Å². The third-order valence-electron chi connectivity index (χ3n) is 6.09. The Kier molecular flexibility index (Phi) is 11.1. The van der Waals surface area contributed by atoms with Gasteiger partial charge >= 0.3 is 0 Å². The Morgan fingerprint density at radius 1 is 1.03 bits per heavy atom. The van der Waals surface area contributed by atoms with E-state index in [1.807, 2.05) is 32.9 Å². The van der Waals surface area contributed by atoms with Crippen LogP contribution in [0.25, 0.3) is 0 Å².